The lowest BCUT2D eigenvalue weighted by atomic mass is 9.85. The Morgan fingerprint density at radius 3 is 2.26 bits per heavy atom. The molecule has 2 aromatic carbocycles. The maximum absolute atomic E-state index is 12.6. The Bertz CT molecular complexity index is 576. The molecule has 0 bridgehead atoms. The van der Waals surface area contributed by atoms with Gasteiger partial charge in [0.2, 0.25) is 0 Å². The summed E-state index contributed by atoms with van der Waals surface area (Å²) < 4.78 is 5.22. The zero-order valence-electron chi connectivity index (χ0n) is 11.1. The average molecular weight is 255 g/mol. The summed E-state index contributed by atoms with van der Waals surface area (Å²) in [5, 5.41) is 0. The van der Waals surface area contributed by atoms with Crippen molar-refractivity contribution < 1.29 is 9.53 Å². The fourth-order valence-electron chi connectivity index (χ4n) is 2.03. The number of hydrogen-bond donors (Lipinski definition) is 1. The van der Waals surface area contributed by atoms with Gasteiger partial charge in [-0.15, -0.1) is 0 Å². The standard InChI is InChI=1S/C16H17NO2/c1-16(17,12-8-4-3-5-9-12)15(18)13-10-6-7-11-14(13)19-2/h3-11H,17H2,1-2H3. The quantitative estimate of drug-likeness (QED) is 0.855. The molecule has 1 unspecified atom stereocenters. The van der Waals surface area contributed by atoms with Gasteiger partial charge in [-0.1, -0.05) is 42.5 Å². The zero-order chi connectivity index (χ0) is 13.9. The van der Waals surface area contributed by atoms with E-state index in [-0.39, 0.29) is 5.78 Å². The van der Waals surface area contributed by atoms with E-state index in [4.69, 9.17) is 10.5 Å². The number of hydrogen-bond acceptors (Lipinski definition) is 3. The second kappa shape index (κ2) is 5.24. The predicted octanol–water partition coefficient (Wildman–Crippen LogP) is 2.75. The van der Waals surface area contributed by atoms with Crippen molar-refractivity contribution >= 4 is 5.78 Å². The first kappa shape index (κ1) is 13.3. The summed E-state index contributed by atoms with van der Waals surface area (Å²) in [5.41, 5.74) is 6.44. The van der Waals surface area contributed by atoms with Crippen LogP contribution in [-0.4, -0.2) is 12.9 Å². The van der Waals surface area contributed by atoms with E-state index in [0.29, 0.717) is 11.3 Å². The molecule has 19 heavy (non-hydrogen) atoms. The van der Waals surface area contributed by atoms with Crippen molar-refractivity contribution in [3.05, 3.63) is 65.7 Å². The number of Topliss-reactive ketones (excluding diaryl/α,β-unsaturated/α-hetero) is 1. The van der Waals surface area contributed by atoms with Gasteiger partial charge in [0.05, 0.1) is 12.7 Å². The summed E-state index contributed by atoms with van der Waals surface area (Å²) in [6.45, 7) is 1.72. The molecule has 0 spiro atoms. The average Bonchev–Trinajstić information content (AvgIpc) is 2.47. The van der Waals surface area contributed by atoms with E-state index in [1.165, 1.54) is 0 Å². The Balaban J connectivity index is 2.44. The van der Waals surface area contributed by atoms with E-state index < -0.39 is 5.54 Å². The molecule has 2 aromatic rings. The van der Waals surface area contributed by atoms with Crippen LogP contribution in [0, 0.1) is 0 Å². The minimum absolute atomic E-state index is 0.156. The number of rotatable bonds is 4. The lowest BCUT2D eigenvalue weighted by molar-refractivity contribution is 0.0896. The van der Waals surface area contributed by atoms with Crippen molar-refractivity contribution in [2.45, 2.75) is 12.5 Å². The molecular weight excluding hydrogens is 238 g/mol. The number of ether oxygens (including phenoxy) is 1. The Morgan fingerprint density at radius 2 is 1.63 bits per heavy atom. The fraction of sp³-hybridized carbons (Fsp3) is 0.188. The van der Waals surface area contributed by atoms with E-state index in [0.717, 1.165) is 5.56 Å². The number of carbonyl (C=O) groups is 1. The van der Waals surface area contributed by atoms with Crippen LogP contribution in [-0.2, 0) is 5.54 Å². The molecule has 0 heterocycles. The molecule has 0 saturated heterocycles. The first-order valence-corrected chi connectivity index (χ1v) is 6.09. The number of ketones is 1. The van der Waals surface area contributed by atoms with Gasteiger partial charge in [-0.25, -0.2) is 0 Å². The SMILES string of the molecule is COc1ccccc1C(=O)C(C)(N)c1ccccc1. The highest BCUT2D eigenvalue weighted by atomic mass is 16.5. The molecule has 3 nitrogen and oxygen atoms in total. The molecule has 98 valence electrons. The van der Waals surface area contributed by atoms with E-state index >= 15 is 0 Å². The molecule has 0 aliphatic heterocycles. The highest BCUT2D eigenvalue weighted by molar-refractivity contribution is 6.05. The van der Waals surface area contributed by atoms with Crippen LogP contribution in [0.25, 0.3) is 0 Å². The van der Waals surface area contributed by atoms with Crippen molar-refractivity contribution in [2.24, 2.45) is 5.73 Å². The normalized spacial score (nSPS) is 13.6. The summed E-state index contributed by atoms with van der Waals surface area (Å²) in [6.07, 6.45) is 0. The number of benzene rings is 2. The fourth-order valence-corrected chi connectivity index (χ4v) is 2.03. The smallest absolute Gasteiger partial charge is 0.190 e. The monoisotopic (exact) mass is 255 g/mol. The van der Waals surface area contributed by atoms with Gasteiger partial charge in [0.25, 0.3) is 0 Å². The number of nitrogens with two attached hydrogens (primary N) is 1. The minimum Gasteiger partial charge on any atom is -0.496 e. The van der Waals surface area contributed by atoms with Crippen molar-refractivity contribution in [3.63, 3.8) is 0 Å². The second-order valence-electron chi connectivity index (χ2n) is 4.60. The van der Waals surface area contributed by atoms with Gasteiger partial charge in [-0.3, -0.25) is 4.79 Å². The van der Waals surface area contributed by atoms with Crippen LogP contribution < -0.4 is 10.5 Å². The third-order valence-corrected chi connectivity index (χ3v) is 3.20. The number of para-hydroxylation sites is 1. The molecule has 2 N–H and O–H groups in total. The third kappa shape index (κ3) is 2.51. The van der Waals surface area contributed by atoms with Crippen LogP contribution in [0.3, 0.4) is 0 Å². The molecule has 0 amide bonds. The molecule has 0 aliphatic carbocycles. The van der Waals surface area contributed by atoms with Gasteiger partial charge in [0.1, 0.15) is 11.3 Å². The lowest BCUT2D eigenvalue weighted by Crippen LogP contribution is -2.42. The topological polar surface area (TPSA) is 52.3 Å². The Kier molecular flexibility index (Phi) is 3.67. The van der Waals surface area contributed by atoms with Gasteiger partial charge < -0.3 is 10.5 Å². The van der Waals surface area contributed by atoms with Crippen LogP contribution in [0.1, 0.15) is 22.8 Å². The van der Waals surface area contributed by atoms with Gasteiger partial charge in [-0.2, -0.15) is 0 Å². The van der Waals surface area contributed by atoms with Crippen LogP contribution >= 0.6 is 0 Å². The second-order valence-corrected chi connectivity index (χ2v) is 4.60. The van der Waals surface area contributed by atoms with Gasteiger partial charge in [0, 0.05) is 0 Å². The van der Waals surface area contributed by atoms with Crippen molar-refractivity contribution in [1.29, 1.82) is 0 Å². The highest BCUT2D eigenvalue weighted by Gasteiger charge is 2.32. The van der Waals surface area contributed by atoms with E-state index in [1.807, 2.05) is 36.4 Å². The van der Waals surface area contributed by atoms with Crippen LogP contribution in [0.2, 0.25) is 0 Å². The van der Waals surface area contributed by atoms with Gasteiger partial charge in [0.15, 0.2) is 5.78 Å². The first-order chi connectivity index (χ1) is 9.07. The Morgan fingerprint density at radius 1 is 1.05 bits per heavy atom. The van der Waals surface area contributed by atoms with Crippen molar-refractivity contribution in [3.8, 4) is 5.75 Å². The number of carbonyl (C=O) groups excluding carboxylic acids is 1. The van der Waals surface area contributed by atoms with E-state index in [1.54, 1.807) is 32.2 Å². The summed E-state index contributed by atoms with van der Waals surface area (Å²) in [7, 11) is 1.54. The molecule has 0 radical (unpaired) electrons. The zero-order valence-corrected chi connectivity index (χ0v) is 11.1. The maximum atomic E-state index is 12.6. The van der Waals surface area contributed by atoms with Crippen LogP contribution in [0.4, 0.5) is 0 Å². The van der Waals surface area contributed by atoms with Crippen molar-refractivity contribution in [2.75, 3.05) is 7.11 Å². The molecule has 0 aromatic heterocycles. The summed E-state index contributed by atoms with van der Waals surface area (Å²) >= 11 is 0. The highest BCUT2D eigenvalue weighted by Crippen LogP contribution is 2.27. The van der Waals surface area contributed by atoms with Gasteiger partial charge >= 0.3 is 0 Å². The van der Waals surface area contributed by atoms with Crippen LogP contribution in [0.15, 0.2) is 54.6 Å². The predicted molar refractivity (Wildman–Crippen MR) is 75.3 cm³/mol. The molecule has 1 atom stereocenters. The number of methoxy groups -OCH3 is 1. The maximum Gasteiger partial charge on any atom is 0.190 e. The molecule has 0 aliphatic rings. The Labute approximate surface area is 113 Å². The summed E-state index contributed by atoms with van der Waals surface area (Å²) in [5.74, 6) is 0.385. The summed E-state index contributed by atoms with van der Waals surface area (Å²) in [6, 6.07) is 16.5. The van der Waals surface area contributed by atoms with Gasteiger partial charge in [-0.05, 0) is 24.6 Å². The largest absolute Gasteiger partial charge is 0.496 e. The van der Waals surface area contributed by atoms with Crippen LogP contribution in [0.5, 0.6) is 5.75 Å². The molecule has 3 heteroatoms. The van der Waals surface area contributed by atoms with E-state index in [9.17, 15) is 4.79 Å². The minimum atomic E-state index is -1.07. The first-order valence-electron chi connectivity index (χ1n) is 6.09. The lowest BCUT2D eigenvalue weighted by Gasteiger charge is -2.24. The van der Waals surface area contributed by atoms with Crippen molar-refractivity contribution in [1.82, 2.24) is 0 Å². The Hall–Kier alpha value is -2.13. The van der Waals surface area contributed by atoms with E-state index in [2.05, 4.69) is 0 Å². The third-order valence-electron chi connectivity index (χ3n) is 3.20. The molecule has 0 fully saturated rings. The molecular formula is C16H17NO2. The molecule has 2 rings (SSSR count). The molecule has 0 saturated carbocycles. The summed E-state index contributed by atoms with van der Waals surface area (Å²) in [4.78, 5) is 12.6.